The molecular weight excluding hydrogens is 299 g/mol. The molecule has 1 aliphatic heterocycles. The summed E-state index contributed by atoms with van der Waals surface area (Å²) in [6, 6.07) is 4.80. The van der Waals surface area contributed by atoms with Gasteiger partial charge in [0, 0.05) is 11.4 Å². The minimum atomic E-state index is -0.242. The summed E-state index contributed by atoms with van der Waals surface area (Å²) in [5, 5.41) is 0.986. The lowest BCUT2D eigenvalue weighted by molar-refractivity contribution is -0.133. The normalized spacial score (nSPS) is 17.5. The van der Waals surface area contributed by atoms with E-state index in [1.54, 1.807) is 17.4 Å². The average molecular weight is 318 g/mol. The molecule has 0 spiro atoms. The van der Waals surface area contributed by atoms with Gasteiger partial charge in [-0.2, -0.15) is 0 Å². The highest BCUT2D eigenvalue weighted by Crippen LogP contribution is 2.31. The fraction of sp³-hybridized carbons (Fsp3) is 0.412. The first-order valence-corrected chi connectivity index (χ1v) is 8.28. The van der Waals surface area contributed by atoms with Gasteiger partial charge in [0.05, 0.1) is 23.2 Å². The van der Waals surface area contributed by atoms with Crippen molar-refractivity contribution in [2.45, 2.75) is 39.7 Å². The third-order valence-corrected chi connectivity index (χ3v) is 5.35. The van der Waals surface area contributed by atoms with Crippen molar-refractivity contribution in [2.24, 2.45) is 0 Å². The summed E-state index contributed by atoms with van der Waals surface area (Å²) >= 11 is 1.58. The molecule has 3 nitrogen and oxygen atoms in total. The second kappa shape index (κ2) is 5.80. The highest BCUT2D eigenvalue weighted by molar-refractivity contribution is 7.11. The summed E-state index contributed by atoms with van der Waals surface area (Å²) in [6.45, 7) is 6.56. The largest absolute Gasteiger partial charge is 0.335 e. The van der Waals surface area contributed by atoms with Crippen molar-refractivity contribution in [3.8, 4) is 0 Å². The van der Waals surface area contributed by atoms with Gasteiger partial charge in [0.2, 0.25) is 5.91 Å². The van der Waals surface area contributed by atoms with Crippen molar-refractivity contribution < 1.29 is 9.18 Å². The number of fused-ring (bicyclic) bond motifs is 1. The molecule has 1 aromatic heterocycles. The maximum absolute atomic E-state index is 13.5. The van der Waals surface area contributed by atoms with Crippen LogP contribution in [0.4, 0.5) is 4.39 Å². The summed E-state index contributed by atoms with van der Waals surface area (Å²) in [5.74, 6) is -0.150. The first-order valence-electron chi connectivity index (χ1n) is 7.46. The number of thiazole rings is 1. The summed E-state index contributed by atoms with van der Waals surface area (Å²) < 4.78 is 13.5. The minimum absolute atomic E-state index is 0.0822. The standard InChI is InChI=1S/C17H19FN2OS/c1-10-16(22-12(3)19-10)9-17(21)20-7-6-13-4-5-14(18)8-15(13)11(20)2/h4-5,8,11H,6-7,9H2,1-3H3/t11-/m0/s1. The molecule has 1 amide bonds. The van der Waals surface area contributed by atoms with Crippen molar-refractivity contribution in [3.05, 3.63) is 50.7 Å². The molecule has 0 saturated carbocycles. The maximum atomic E-state index is 13.5. The Labute approximate surface area is 133 Å². The van der Waals surface area contributed by atoms with Crippen LogP contribution in [0, 0.1) is 19.7 Å². The Balaban J connectivity index is 1.81. The predicted molar refractivity (Wildman–Crippen MR) is 85.5 cm³/mol. The van der Waals surface area contributed by atoms with Gasteiger partial charge in [-0.25, -0.2) is 9.37 Å². The predicted octanol–water partition coefficient (Wildman–Crippen LogP) is 3.59. The summed E-state index contributed by atoms with van der Waals surface area (Å²) in [6.07, 6.45) is 1.17. The molecule has 0 aliphatic carbocycles. The zero-order chi connectivity index (χ0) is 15.9. The molecule has 1 aromatic carbocycles. The molecule has 0 radical (unpaired) electrons. The number of hydrogen-bond donors (Lipinski definition) is 0. The lowest BCUT2D eigenvalue weighted by Crippen LogP contribution is -2.39. The number of aryl methyl sites for hydroxylation is 2. The van der Waals surface area contributed by atoms with E-state index < -0.39 is 0 Å². The zero-order valence-corrected chi connectivity index (χ0v) is 13.8. The molecule has 0 fully saturated rings. The number of hydrogen-bond acceptors (Lipinski definition) is 3. The van der Waals surface area contributed by atoms with Crippen molar-refractivity contribution in [1.82, 2.24) is 9.88 Å². The van der Waals surface area contributed by atoms with Gasteiger partial charge in [0.15, 0.2) is 0 Å². The van der Waals surface area contributed by atoms with Crippen molar-refractivity contribution in [1.29, 1.82) is 0 Å². The summed E-state index contributed by atoms with van der Waals surface area (Å²) in [5.41, 5.74) is 3.01. The number of nitrogens with zero attached hydrogens (tertiary/aromatic N) is 2. The van der Waals surface area contributed by atoms with Crippen molar-refractivity contribution in [3.63, 3.8) is 0 Å². The smallest absolute Gasteiger partial charge is 0.228 e. The van der Waals surface area contributed by atoms with E-state index in [1.807, 2.05) is 31.7 Å². The molecule has 0 saturated heterocycles. The number of amides is 1. The van der Waals surface area contributed by atoms with E-state index in [-0.39, 0.29) is 17.8 Å². The third-order valence-electron chi connectivity index (χ3n) is 4.28. The van der Waals surface area contributed by atoms with Crippen LogP contribution in [0.5, 0.6) is 0 Å². The van der Waals surface area contributed by atoms with Gasteiger partial charge in [0.1, 0.15) is 5.82 Å². The lowest BCUT2D eigenvalue weighted by Gasteiger charge is -2.35. The molecule has 0 unspecified atom stereocenters. The highest BCUT2D eigenvalue weighted by Gasteiger charge is 2.28. The molecule has 2 aromatic rings. The van der Waals surface area contributed by atoms with E-state index in [4.69, 9.17) is 0 Å². The van der Waals surface area contributed by atoms with E-state index in [9.17, 15) is 9.18 Å². The van der Waals surface area contributed by atoms with Crippen LogP contribution in [0.15, 0.2) is 18.2 Å². The summed E-state index contributed by atoms with van der Waals surface area (Å²) in [4.78, 5) is 19.9. The number of benzene rings is 1. The zero-order valence-electron chi connectivity index (χ0n) is 13.0. The van der Waals surface area contributed by atoms with Crippen LogP contribution in [0.3, 0.4) is 0 Å². The van der Waals surface area contributed by atoms with Crippen LogP contribution in [0.1, 0.15) is 39.7 Å². The number of rotatable bonds is 2. The van der Waals surface area contributed by atoms with Gasteiger partial charge in [-0.3, -0.25) is 4.79 Å². The van der Waals surface area contributed by atoms with Crippen LogP contribution in [0.25, 0.3) is 0 Å². The van der Waals surface area contributed by atoms with E-state index >= 15 is 0 Å². The fourth-order valence-electron chi connectivity index (χ4n) is 3.10. The number of aromatic nitrogens is 1. The Hall–Kier alpha value is -1.75. The molecule has 2 heterocycles. The van der Waals surface area contributed by atoms with Gasteiger partial charge < -0.3 is 4.90 Å². The van der Waals surface area contributed by atoms with Gasteiger partial charge in [-0.15, -0.1) is 11.3 Å². The molecule has 3 rings (SSSR count). The average Bonchev–Trinajstić information content (AvgIpc) is 2.77. The van der Waals surface area contributed by atoms with Crippen LogP contribution in [-0.2, 0) is 17.6 Å². The molecule has 1 atom stereocenters. The minimum Gasteiger partial charge on any atom is -0.335 e. The Morgan fingerprint density at radius 1 is 1.45 bits per heavy atom. The quantitative estimate of drug-likeness (QED) is 0.848. The molecule has 0 bridgehead atoms. The first kappa shape index (κ1) is 15.2. The van der Waals surface area contributed by atoms with Gasteiger partial charge in [0.25, 0.3) is 0 Å². The topological polar surface area (TPSA) is 33.2 Å². The summed E-state index contributed by atoms with van der Waals surface area (Å²) in [7, 11) is 0. The highest BCUT2D eigenvalue weighted by atomic mass is 32.1. The Morgan fingerprint density at radius 2 is 2.23 bits per heavy atom. The number of carbonyl (C=O) groups is 1. The number of halogens is 1. The monoisotopic (exact) mass is 318 g/mol. The Morgan fingerprint density at radius 3 is 2.91 bits per heavy atom. The van der Waals surface area contributed by atoms with Crippen LogP contribution in [0.2, 0.25) is 0 Å². The van der Waals surface area contributed by atoms with Crippen LogP contribution < -0.4 is 0 Å². The second-order valence-corrected chi connectivity index (χ2v) is 7.06. The maximum Gasteiger partial charge on any atom is 0.228 e. The first-order chi connectivity index (χ1) is 10.5. The fourth-order valence-corrected chi connectivity index (χ4v) is 4.03. The third kappa shape index (κ3) is 2.77. The van der Waals surface area contributed by atoms with Crippen molar-refractivity contribution >= 4 is 17.2 Å². The van der Waals surface area contributed by atoms with E-state index in [0.29, 0.717) is 13.0 Å². The molecule has 0 N–H and O–H groups in total. The molecule has 5 heteroatoms. The van der Waals surface area contributed by atoms with Crippen LogP contribution in [-0.4, -0.2) is 22.3 Å². The van der Waals surface area contributed by atoms with E-state index in [2.05, 4.69) is 4.98 Å². The van der Waals surface area contributed by atoms with Gasteiger partial charge in [-0.1, -0.05) is 6.07 Å². The van der Waals surface area contributed by atoms with E-state index in [1.165, 1.54) is 6.07 Å². The molecular formula is C17H19FN2OS. The van der Waals surface area contributed by atoms with Gasteiger partial charge in [-0.05, 0) is 50.5 Å². The molecule has 1 aliphatic rings. The molecule has 116 valence electrons. The SMILES string of the molecule is Cc1nc(C)c(CC(=O)N2CCc3ccc(F)cc3[C@@H]2C)s1. The Bertz CT molecular complexity index is 725. The molecule has 22 heavy (non-hydrogen) atoms. The number of carbonyl (C=O) groups excluding carboxylic acids is 1. The van der Waals surface area contributed by atoms with Gasteiger partial charge >= 0.3 is 0 Å². The second-order valence-electron chi connectivity index (χ2n) is 5.77. The van der Waals surface area contributed by atoms with E-state index in [0.717, 1.165) is 33.1 Å². The lowest BCUT2D eigenvalue weighted by atomic mass is 9.93. The van der Waals surface area contributed by atoms with Crippen LogP contribution >= 0.6 is 11.3 Å². The van der Waals surface area contributed by atoms with Crippen molar-refractivity contribution in [2.75, 3.05) is 6.54 Å². The Kier molecular flexibility index (Phi) is 4.00.